The number of nitrogens with zero attached hydrogens (tertiary/aromatic N) is 1. The molecule has 0 unspecified atom stereocenters. The summed E-state index contributed by atoms with van der Waals surface area (Å²) in [6, 6.07) is 17.0. The highest BCUT2D eigenvalue weighted by Gasteiger charge is 2.18. The number of rotatable bonds is 6. The van der Waals surface area contributed by atoms with Crippen molar-refractivity contribution in [3.05, 3.63) is 59.7 Å². The van der Waals surface area contributed by atoms with Crippen LogP contribution in [0.25, 0.3) is 0 Å². The maximum absolute atomic E-state index is 12.3. The fourth-order valence-electron chi connectivity index (χ4n) is 2.12. The predicted octanol–water partition coefficient (Wildman–Crippen LogP) is 3.86. The van der Waals surface area contributed by atoms with E-state index in [0.29, 0.717) is 24.3 Å². The lowest BCUT2D eigenvalue weighted by Crippen LogP contribution is -2.32. The van der Waals surface area contributed by atoms with Crippen molar-refractivity contribution in [2.24, 2.45) is 0 Å². The molecule has 0 heterocycles. The molecule has 1 atom stereocenters. The molecule has 1 N–H and O–H groups in total. The minimum absolute atomic E-state index is 0.180. The highest BCUT2D eigenvalue weighted by atomic mass is 16.5. The third-order valence-electron chi connectivity index (χ3n) is 3.47. The molecule has 4 heteroatoms. The van der Waals surface area contributed by atoms with Gasteiger partial charge in [-0.2, -0.15) is 5.26 Å². The molecular formula is C19H20N2O2. The fourth-order valence-corrected chi connectivity index (χ4v) is 2.12. The first-order chi connectivity index (χ1) is 11.1. The van der Waals surface area contributed by atoms with Crippen molar-refractivity contribution in [2.75, 3.05) is 5.32 Å². The lowest BCUT2D eigenvalue weighted by molar-refractivity contribution is -0.122. The molecule has 23 heavy (non-hydrogen) atoms. The summed E-state index contributed by atoms with van der Waals surface area (Å²) in [6.45, 7) is 3.91. The molecule has 0 fully saturated rings. The number of benzene rings is 2. The van der Waals surface area contributed by atoms with Gasteiger partial charge in [0.15, 0.2) is 6.10 Å². The summed E-state index contributed by atoms with van der Waals surface area (Å²) in [5.74, 6) is 0.503. The van der Waals surface area contributed by atoms with Gasteiger partial charge in [-0.15, -0.1) is 0 Å². The Labute approximate surface area is 136 Å². The molecule has 118 valence electrons. The van der Waals surface area contributed by atoms with Crippen LogP contribution in [-0.2, 0) is 11.2 Å². The Balaban J connectivity index is 1.99. The van der Waals surface area contributed by atoms with Crippen molar-refractivity contribution in [3.8, 4) is 11.8 Å². The van der Waals surface area contributed by atoms with Gasteiger partial charge in [0.2, 0.25) is 0 Å². The van der Waals surface area contributed by atoms with Gasteiger partial charge < -0.3 is 10.1 Å². The van der Waals surface area contributed by atoms with Gasteiger partial charge in [-0.1, -0.05) is 36.8 Å². The first kappa shape index (κ1) is 16.6. The molecule has 2 aromatic rings. The Kier molecular flexibility index (Phi) is 5.76. The predicted molar refractivity (Wildman–Crippen MR) is 90.3 cm³/mol. The van der Waals surface area contributed by atoms with E-state index in [4.69, 9.17) is 10.00 Å². The van der Waals surface area contributed by atoms with Crippen molar-refractivity contribution in [1.82, 2.24) is 0 Å². The van der Waals surface area contributed by atoms with Crippen LogP contribution in [0.5, 0.6) is 5.75 Å². The molecule has 0 aliphatic rings. The summed E-state index contributed by atoms with van der Waals surface area (Å²) in [5.41, 5.74) is 2.77. The van der Waals surface area contributed by atoms with Gasteiger partial charge in [-0.05, 0) is 43.2 Å². The second-order valence-electron chi connectivity index (χ2n) is 5.35. The summed E-state index contributed by atoms with van der Waals surface area (Å²) in [5, 5.41) is 11.5. The van der Waals surface area contributed by atoms with Gasteiger partial charge in [0, 0.05) is 5.69 Å². The van der Waals surface area contributed by atoms with Gasteiger partial charge in [0.1, 0.15) is 5.75 Å². The van der Waals surface area contributed by atoms with Gasteiger partial charge in [-0.25, -0.2) is 0 Å². The van der Waals surface area contributed by atoms with Gasteiger partial charge in [0.05, 0.1) is 12.5 Å². The molecule has 2 aromatic carbocycles. The average Bonchev–Trinajstić information content (AvgIpc) is 2.56. The minimum atomic E-state index is -0.545. The van der Waals surface area contributed by atoms with Crippen LogP contribution < -0.4 is 10.1 Å². The molecule has 0 aliphatic carbocycles. The van der Waals surface area contributed by atoms with Crippen molar-refractivity contribution in [3.63, 3.8) is 0 Å². The van der Waals surface area contributed by atoms with E-state index < -0.39 is 6.10 Å². The van der Waals surface area contributed by atoms with Gasteiger partial charge >= 0.3 is 0 Å². The Morgan fingerprint density at radius 2 is 1.83 bits per heavy atom. The molecule has 0 spiro atoms. The van der Waals surface area contributed by atoms with E-state index >= 15 is 0 Å². The summed E-state index contributed by atoms with van der Waals surface area (Å²) in [7, 11) is 0. The van der Waals surface area contributed by atoms with E-state index in [1.165, 1.54) is 0 Å². The van der Waals surface area contributed by atoms with Crippen LogP contribution in [0.1, 0.15) is 24.5 Å². The van der Waals surface area contributed by atoms with Crippen LogP contribution in [0, 0.1) is 18.3 Å². The summed E-state index contributed by atoms with van der Waals surface area (Å²) < 4.78 is 5.76. The zero-order chi connectivity index (χ0) is 16.7. The highest BCUT2D eigenvalue weighted by molar-refractivity contribution is 5.94. The zero-order valence-electron chi connectivity index (χ0n) is 13.4. The normalized spacial score (nSPS) is 11.3. The topological polar surface area (TPSA) is 62.1 Å². The Morgan fingerprint density at radius 1 is 1.17 bits per heavy atom. The number of anilines is 1. The fraction of sp³-hybridized carbons (Fsp3) is 0.263. The van der Waals surface area contributed by atoms with E-state index in [1.807, 2.05) is 50.2 Å². The van der Waals surface area contributed by atoms with E-state index in [9.17, 15) is 4.79 Å². The van der Waals surface area contributed by atoms with Crippen LogP contribution in [0.3, 0.4) is 0 Å². The van der Waals surface area contributed by atoms with Crippen LogP contribution in [0.2, 0.25) is 0 Å². The monoisotopic (exact) mass is 308 g/mol. The van der Waals surface area contributed by atoms with E-state index in [2.05, 4.69) is 11.4 Å². The Hall–Kier alpha value is -2.80. The number of carbonyl (C=O) groups is 1. The quantitative estimate of drug-likeness (QED) is 0.881. The first-order valence-electron chi connectivity index (χ1n) is 7.62. The molecule has 0 bridgehead atoms. The maximum Gasteiger partial charge on any atom is 0.265 e. The lowest BCUT2D eigenvalue weighted by Gasteiger charge is -2.17. The van der Waals surface area contributed by atoms with Crippen LogP contribution in [0.15, 0.2) is 48.5 Å². The number of amides is 1. The molecule has 0 aliphatic heterocycles. The van der Waals surface area contributed by atoms with Gasteiger partial charge in [0.25, 0.3) is 5.91 Å². The van der Waals surface area contributed by atoms with Crippen molar-refractivity contribution in [1.29, 1.82) is 5.26 Å². The summed E-state index contributed by atoms with van der Waals surface area (Å²) in [4.78, 5) is 12.3. The molecule has 1 amide bonds. The van der Waals surface area contributed by atoms with E-state index in [1.54, 1.807) is 12.1 Å². The highest BCUT2D eigenvalue weighted by Crippen LogP contribution is 2.16. The second-order valence-corrected chi connectivity index (χ2v) is 5.35. The smallest absolute Gasteiger partial charge is 0.265 e. The molecule has 4 nitrogen and oxygen atoms in total. The van der Waals surface area contributed by atoms with E-state index in [-0.39, 0.29) is 5.91 Å². The minimum Gasteiger partial charge on any atom is -0.481 e. The molecule has 0 saturated heterocycles. The third kappa shape index (κ3) is 4.86. The van der Waals surface area contributed by atoms with Gasteiger partial charge in [-0.3, -0.25) is 4.79 Å². The van der Waals surface area contributed by atoms with Crippen molar-refractivity contribution in [2.45, 2.75) is 32.8 Å². The molecule has 0 radical (unpaired) electrons. The summed E-state index contributed by atoms with van der Waals surface area (Å²) >= 11 is 0. The SMILES string of the molecule is CC[C@H](Oc1ccc(C)cc1)C(=O)Nc1ccc(CC#N)cc1. The Bertz CT molecular complexity index is 685. The van der Waals surface area contributed by atoms with Crippen LogP contribution >= 0.6 is 0 Å². The number of hydrogen-bond donors (Lipinski definition) is 1. The van der Waals surface area contributed by atoms with Crippen molar-refractivity contribution < 1.29 is 9.53 Å². The molecule has 0 aromatic heterocycles. The maximum atomic E-state index is 12.3. The van der Waals surface area contributed by atoms with Crippen LogP contribution in [-0.4, -0.2) is 12.0 Å². The Morgan fingerprint density at radius 3 is 2.39 bits per heavy atom. The average molecular weight is 308 g/mol. The largest absolute Gasteiger partial charge is 0.481 e. The molecular weight excluding hydrogens is 288 g/mol. The molecule has 2 rings (SSSR count). The first-order valence-corrected chi connectivity index (χ1v) is 7.62. The van der Waals surface area contributed by atoms with E-state index in [0.717, 1.165) is 11.1 Å². The van der Waals surface area contributed by atoms with Crippen molar-refractivity contribution >= 4 is 11.6 Å². The standard InChI is InChI=1S/C19H20N2O2/c1-3-18(23-17-10-4-14(2)5-11-17)19(22)21-16-8-6-15(7-9-16)12-13-20/h4-11,18H,3,12H2,1-2H3,(H,21,22)/t18-/m0/s1. The van der Waals surface area contributed by atoms with Crippen LogP contribution in [0.4, 0.5) is 5.69 Å². The third-order valence-corrected chi connectivity index (χ3v) is 3.47. The lowest BCUT2D eigenvalue weighted by atomic mass is 10.1. The molecule has 0 saturated carbocycles. The number of nitrogens with one attached hydrogen (secondary N) is 1. The number of carbonyl (C=O) groups excluding carboxylic acids is 1. The summed E-state index contributed by atoms with van der Waals surface area (Å²) in [6.07, 6.45) is 0.394. The zero-order valence-corrected chi connectivity index (χ0v) is 13.4. The number of aryl methyl sites for hydroxylation is 1. The number of hydrogen-bond acceptors (Lipinski definition) is 3. The second kappa shape index (κ2) is 8.00. The number of ether oxygens (including phenoxy) is 1. The number of nitriles is 1.